The minimum atomic E-state index is -1.14. The summed E-state index contributed by atoms with van der Waals surface area (Å²) in [5.74, 6) is 4.48. The molecule has 1 heterocycles. The molecule has 0 aliphatic rings. The van der Waals surface area contributed by atoms with Crippen LogP contribution in [-0.2, 0) is 11.2 Å². The third kappa shape index (κ3) is 2.41. The summed E-state index contributed by atoms with van der Waals surface area (Å²) in [6.45, 7) is 0. The zero-order valence-corrected chi connectivity index (χ0v) is 7.80. The van der Waals surface area contributed by atoms with Gasteiger partial charge in [-0.2, -0.15) is 0 Å². The number of nitrogens with two attached hydrogens (primary N) is 1. The van der Waals surface area contributed by atoms with Crippen LogP contribution in [0.4, 0.5) is 0 Å². The number of hydrogen-bond acceptors (Lipinski definition) is 4. The van der Waals surface area contributed by atoms with Gasteiger partial charge < -0.3 is 4.55 Å². The molecule has 6 heteroatoms. The molecule has 0 radical (unpaired) electrons. The lowest BCUT2D eigenvalue weighted by Crippen LogP contribution is -2.30. The van der Waals surface area contributed by atoms with Crippen LogP contribution in [0.5, 0.6) is 0 Å². The lowest BCUT2D eigenvalue weighted by atomic mass is 10.3. The van der Waals surface area contributed by atoms with Gasteiger partial charge in [-0.1, -0.05) is 0 Å². The van der Waals surface area contributed by atoms with E-state index in [1.54, 1.807) is 0 Å². The van der Waals surface area contributed by atoms with Crippen molar-refractivity contribution in [3.05, 3.63) is 24.0 Å². The van der Waals surface area contributed by atoms with Crippen LogP contribution in [0.15, 0.2) is 23.4 Å². The number of hydrogen-bond donors (Lipinski definition) is 2. The van der Waals surface area contributed by atoms with Crippen LogP contribution in [0.2, 0.25) is 0 Å². The molecule has 0 fully saturated rings. The van der Waals surface area contributed by atoms with E-state index in [-0.39, 0.29) is 0 Å². The number of nitrogens with one attached hydrogen (secondary N) is 1. The number of nitrogen functional groups attached to an aromatic ring is 1. The number of nitrogens with zero attached hydrogens (tertiary/aromatic N) is 1. The molecule has 1 amide bonds. The van der Waals surface area contributed by atoms with Gasteiger partial charge in [-0.3, -0.25) is 15.2 Å². The lowest BCUT2D eigenvalue weighted by molar-refractivity contribution is 0.0953. The molecule has 70 valence electrons. The van der Waals surface area contributed by atoms with Crippen molar-refractivity contribution in [1.29, 1.82) is 0 Å². The van der Waals surface area contributed by atoms with Gasteiger partial charge in [0.15, 0.2) is 4.90 Å². The number of carbonyl (C=O) groups is 1. The highest BCUT2D eigenvalue weighted by Crippen LogP contribution is 2.08. The summed E-state index contributed by atoms with van der Waals surface area (Å²) in [7, 11) is 0. The number of rotatable bonds is 2. The Morgan fingerprint density at radius 2 is 2.38 bits per heavy atom. The third-order valence-electron chi connectivity index (χ3n) is 1.44. The van der Waals surface area contributed by atoms with Gasteiger partial charge in [0.2, 0.25) is 0 Å². The van der Waals surface area contributed by atoms with Crippen molar-refractivity contribution in [1.82, 2.24) is 10.4 Å². The molecule has 0 aliphatic heterocycles. The first-order valence-corrected chi connectivity index (χ1v) is 5.00. The second-order valence-electron chi connectivity index (χ2n) is 2.34. The van der Waals surface area contributed by atoms with Gasteiger partial charge in [0.05, 0.1) is 11.8 Å². The van der Waals surface area contributed by atoms with Gasteiger partial charge in [-0.25, -0.2) is 5.84 Å². The largest absolute Gasteiger partial charge is 0.612 e. The maximum absolute atomic E-state index is 11.0. The van der Waals surface area contributed by atoms with E-state index in [9.17, 15) is 9.35 Å². The SMILES string of the molecule is C[S+]([O-])c1cncc(C(=O)NN)c1. The predicted molar refractivity (Wildman–Crippen MR) is 48.2 cm³/mol. The highest BCUT2D eigenvalue weighted by molar-refractivity contribution is 7.90. The Kier molecular flexibility index (Phi) is 3.24. The molecule has 0 bridgehead atoms. The highest BCUT2D eigenvalue weighted by atomic mass is 32.2. The van der Waals surface area contributed by atoms with Crippen LogP contribution in [0.3, 0.4) is 0 Å². The number of carbonyl (C=O) groups excluding carboxylic acids is 1. The zero-order valence-electron chi connectivity index (χ0n) is 6.98. The first kappa shape index (κ1) is 9.97. The molecule has 1 unspecified atom stereocenters. The van der Waals surface area contributed by atoms with Crippen LogP contribution in [0.1, 0.15) is 10.4 Å². The molecule has 1 aromatic rings. The van der Waals surface area contributed by atoms with Gasteiger partial charge in [0.1, 0.15) is 6.26 Å². The average Bonchev–Trinajstić information content (AvgIpc) is 2.17. The Labute approximate surface area is 78.5 Å². The fourth-order valence-electron chi connectivity index (χ4n) is 0.784. The van der Waals surface area contributed by atoms with Crippen molar-refractivity contribution in [3.63, 3.8) is 0 Å². The summed E-state index contributed by atoms with van der Waals surface area (Å²) in [6, 6.07) is 1.49. The predicted octanol–water partition coefficient (Wildman–Crippen LogP) is -0.578. The van der Waals surface area contributed by atoms with Crippen molar-refractivity contribution < 1.29 is 9.35 Å². The van der Waals surface area contributed by atoms with E-state index in [1.807, 2.05) is 5.43 Å². The van der Waals surface area contributed by atoms with Crippen molar-refractivity contribution in [2.24, 2.45) is 5.84 Å². The molecule has 0 aromatic carbocycles. The number of hydrazine groups is 1. The van der Waals surface area contributed by atoms with E-state index in [2.05, 4.69) is 4.98 Å². The molecule has 0 saturated carbocycles. The van der Waals surface area contributed by atoms with E-state index < -0.39 is 17.1 Å². The lowest BCUT2D eigenvalue weighted by Gasteiger charge is -2.04. The van der Waals surface area contributed by atoms with Crippen molar-refractivity contribution >= 4 is 17.1 Å². The molecule has 0 saturated heterocycles. The molecule has 0 spiro atoms. The van der Waals surface area contributed by atoms with Gasteiger partial charge in [0, 0.05) is 12.3 Å². The minimum Gasteiger partial charge on any atom is -0.612 e. The third-order valence-corrected chi connectivity index (χ3v) is 2.33. The molecular weight excluding hydrogens is 190 g/mol. The smallest absolute Gasteiger partial charge is 0.266 e. The van der Waals surface area contributed by atoms with E-state index >= 15 is 0 Å². The van der Waals surface area contributed by atoms with Crippen molar-refractivity contribution in [2.45, 2.75) is 4.90 Å². The van der Waals surface area contributed by atoms with E-state index in [0.29, 0.717) is 10.5 Å². The monoisotopic (exact) mass is 199 g/mol. The van der Waals surface area contributed by atoms with Gasteiger partial charge in [0.25, 0.3) is 5.91 Å². The highest BCUT2D eigenvalue weighted by Gasteiger charge is 2.09. The zero-order chi connectivity index (χ0) is 9.84. The number of pyridine rings is 1. The van der Waals surface area contributed by atoms with Crippen molar-refractivity contribution in [3.8, 4) is 0 Å². The summed E-state index contributed by atoms with van der Waals surface area (Å²) in [4.78, 5) is 15.3. The number of aromatic nitrogens is 1. The van der Waals surface area contributed by atoms with E-state index in [0.717, 1.165) is 0 Å². The molecule has 0 aliphatic carbocycles. The Bertz CT molecular complexity index is 316. The first-order valence-electron chi connectivity index (χ1n) is 3.44. The maximum Gasteiger partial charge on any atom is 0.266 e. The molecule has 1 aromatic heterocycles. The molecule has 5 nitrogen and oxygen atoms in total. The van der Waals surface area contributed by atoms with E-state index in [4.69, 9.17) is 5.84 Å². The number of amides is 1. The summed E-state index contributed by atoms with van der Waals surface area (Å²) in [5, 5.41) is 0. The fraction of sp³-hybridized carbons (Fsp3) is 0.143. The van der Waals surface area contributed by atoms with Gasteiger partial charge in [-0.15, -0.1) is 0 Å². The Morgan fingerprint density at radius 1 is 1.69 bits per heavy atom. The molecular formula is C7H9N3O2S. The normalized spacial score (nSPS) is 12.2. The second kappa shape index (κ2) is 4.22. The Hall–Kier alpha value is -1.11. The standard InChI is InChI=1S/C7H9N3O2S/c1-13(12)6-2-5(3-9-4-6)7(11)10-8/h2-4H,8H2,1H3,(H,10,11). The molecule has 3 N–H and O–H groups in total. The Morgan fingerprint density at radius 3 is 2.92 bits per heavy atom. The first-order chi connectivity index (χ1) is 6.15. The minimum absolute atomic E-state index is 0.301. The van der Waals surface area contributed by atoms with Crippen LogP contribution in [-0.4, -0.2) is 21.7 Å². The fourth-order valence-corrected chi connectivity index (χ4v) is 1.29. The maximum atomic E-state index is 11.0. The van der Waals surface area contributed by atoms with Crippen LogP contribution >= 0.6 is 0 Å². The molecule has 1 atom stereocenters. The van der Waals surface area contributed by atoms with Gasteiger partial charge >= 0.3 is 0 Å². The van der Waals surface area contributed by atoms with Crippen LogP contribution < -0.4 is 11.3 Å². The second-order valence-corrected chi connectivity index (χ2v) is 3.72. The molecule has 1 rings (SSSR count). The summed E-state index contributed by atoms with van der Waals surface area (Å²) in [6.07, 6.45) is 4.32. The van der Waals surface area contributed by atoms with Crippen LogP contribution in [0.25, 0.3) is 0 Å². The van der Waals surface area contributed by atoms with Crippen LogP contribution in [0, 0.1) is 0 Å². The summed E-state index contributed by atoms with van der Waals surface area (Å²) < 4.78 is 11.0. The average molecular weight is 199 g/mol. The summed E-state index contributed by atoms with van der Waals surface area (Å²) in [5.41, 5.74) is 2.27. The quantitative estimate of drug-likeness (QED) is 0.288. The molecule has 13 heavy (non-hydrogen) atoms. The Balaban J connectivity index is 2.98. The topological polar surface area (TPSA) is 91.1 Å². The summed E-state index contributed by atoms with van der Waals surface area (Å²) >= 11 is -1.14. The van der Waals surface area contributed by atoms with Gasteiger partial charge in [-0.05, 0) is 11.2 Å². The van der Waals surface area contributed by atoms with Crippen molar-refractivity contribution in [2.75, 3.05) is 6.26 Å². The van der Waals surface area contributed by atoms with E-state index in [1.165, 1.54) is 24.7 Å².